The Morgan fingerprint density at radius 3 is 2.80 bits per heavy atom. The molecule has 1 unspecified atom stereocenters. The molecular weight excluding hydrogens is 270 g/mol. The molecule has 4 nitrogen and oxygen atoms in total. The van der Waals surface area contributed by atoms with Crippen LogP contribution in [0, 0.1) is 13.8 Å². The second-order valence-corrected chi connectivity index (χ2v) is 6.86. The van der Waals surface area contributed by atoms with Gasteiger partial charge in [0.1, 0.15) is 0 Å². The van der Waals surface area contributed by atoms with Crippen molar-refractivity contribution in [1.82, 2.24) is 14.8 Å². The minimum absolute atomic E-state index is 0.492. The van der Waals surface area contributed by atoms with E-state index in [1.807, 2.05) is 19.9 Å². The van der Waals surface area contributed by atoms with Gasteiger partial charge in [-0.15, -0.1) is 11.3 Å². The van der Waals surface area contributed by atoms with Crippen LogP contribution in [0.25, 0.3) is 0 Å². The van der Waals surface area contributed by atoms with Gasteiger partial charge in [-0.3, -0.25) is 4.68 Å². The Balaban J connectivity index is 1.69. The van der Waals surface area contributed by atoms with Crippen LogP contribution in [0.3, 0.4) is 0 Å². The van der Waals surface area contributed by atoms with E-state index in [1.165, 1.54) is 25.7 Å². The molecule has 0 aliphatic heterocycles. The van der Waals surface area contributed by atoms with E-state index < -0.39 is 6.10 Å². The Bertz CT molecular complexity index is 584. The highest BCUT2D eigenvalue weighted by Gasteiger charge is 2.20. The van der Waals surface area contributed by atoms with E-state index in [1.54, 1.807) is 11.3 Å². The summed E-state index contributed by atoms with van der Waals surface area (Å²) in [7, 11) is 0. The fourth-order valence-corrected chi connectivity index (χ4v) is 3.92. The number of thiazole rings is 1. The average Bonchev–Trinajstić information content (AvgIpc) is 3.09. The van der Waals surface area contributed by atoms with Gasteiger partial charge in [0.05, 0.1) is 33.4 Å². The lowest BCUT2D eigenvalue weighted by Gasteiger charge is -2.10. The molecule has 1 N–H and O–H groups in total. The van der Waals surface area contributed by atoms with Crippen LogP contribution in [-0.4, -0.2) is 19.9 Å². The smallest absolute Gasteiger partial charge is 0.0956 e. The van der Waals surface area contributed by atoms with Crippen molar-refractivity contribution in [3.63, 3.8) is 0 Å². The zero-order valence-electron chi connectivity index (χ0n) is 12.0. The van der Waals surface area contributed by atoms with Crippen molar-refractivity contribution in [1.29, 1.82) is 0 Å². The molecule has 1 saturated carbocycles. The van der Waals surface area contributed by atoms with Crippen LogP contribution in [0.2, 0.25) is 0 Å². The fraction of sp³-hybridized carbons (Fsp3) is 0.600. The minimum atomic E-state index is -0.492. The van der Waals surface area contributed by atoms with Gasteiger partial charge in [-0.25, -0.2) is 4.98 Å². The predicted octanol–water partition coefficient (Wildman–Crippen LogP) is 3.35. The molecule has 0 saturated heterocycles. The molecule has 0 spiro atoms. The number of aromatic nitrogens is 3. The lowest BCUT2D eigenvalue weighted by atomic mass is 10.1. The third-order valence-corrected chi connectivity index (χ3v) is 5.18. The summed E-state index contributed by atoms with van der Waals surface area (Å²) in [5.41, 5.74) is 1.91. The summed E-state index contributed by atoms with van der Waals surface area (Å²) in [6.45, 7) is 3.93. The number of aliphatic hydroxyl groups is 1. The van der Waals surface area contributed by atoms with E-state index in [4.69, 9.17) is 0 Å². The maximum atomic E-state index is 10.4. The Morgan fingerprint density at radius 2 is 2.15 bits per heavy atom. The van der Waals surface area contributed by atoms with E-state index in [9.17, 15) is 5.11 Å². The second-order valence-electron chi connectivity index (χ2n) is 5.63. The molecule has 1 fully saturated rings. The van der Waals surface area contributed by atoms with Crippen LogP contribution in [-0.2, 0) is 6.42 Å². The van der Waals surface area contributed by atoms with Gasteiger partial charge in [-0.2, -0.15) is 5.10 Å². The number of hydrogen-bond acceptors (Lipinski definition) is 4. The first-order valence-corrected chi connectivity index (χ1v) is 8.11. The summed E-state index contributed by atoms with van der Waals surface area (Å²) in [6, 6.07) is 2.60. The van der Waals surface area contributed by atoms with Crippen molar-refractivity contribution in [2.45, 2.75) is 58.1 Å². The zero-order valence-corrected chi connectivity index (χ0v) is 12.9. The third-order valence-electron chi connectivity index (χ3n) is 4.01. The first-order valence-electron chi connectivity index (χ1n) is 7.29. The van der Waals surface area contributed by atoms with E-state index in [-0.39, 0.29) is 0 Å². The molecule has 1 aliphatic carbocycles. The molecule has 0 bridgehead atoms. The monoisotopic (exact) mass is 291 g/mol. The Labute approximate surface area is 123 Å². The van der Waals surface area contributed by atoms with Crippen molar-refractivity contribution in [2.24, 2.45) is 0 Å². The number of aryl methyl sites for hydroxylation is 2. The van der Waals surface area contributed by atoms with E-state index in [0.717, 1.165) is 21.3 Å². The topological polar surface area (TPSA) is 50.9 Å². The Kier molecular flexibility index (Phi) is 3.89. The lowest BCUT2D eigenvalue weighted by Crippen LogP contribution is -2.07. The highest BCUT2D eigenvalue weighted by atomic mass is 32.1. The molecule has 2 aromatic rings. The summed E-state index contributed by atoms with van der Waals surface area (Å²) >= 11 is 1.58. The molecule has 3 rings (SSSR count). The summed E-state index contributed by atoms with van der Waals surface area (Å²) in [5, 5.41) is 16.0. The molecule has 0 radical (unpaired) electrons. The highest BCUT2D eigenvalue weighted by molar-refractivity contribution is 7.11. The van der Waals surface area contributed by atoms with Crippen LogP contribution < -0.4 is 0 Å². The summed E-state index contributed by atoms with van der Waals surface area (Å²) in [6.07, 6.45) is 7.22. The van der Waals surface area contributed by atoms with Gasteiger partial charge in [0.25, 0.3) is 0 Å². The van der Waals surface area contributed by atoms with E-state index in [0.29, 0.717) is 12.5 Å². The normalized spacial score (nSPS) is 17.8. The summed E-state index contributed by atoms with van der Waals surface area (Å²) < 4.78 is 2.08. The van der Waals surface area contributed by atoms with Gasteiger partial charge in [-0.1, -0.05) is 12.8 Å². The molecule has 2 heterocycles. The maximum Gasteiger partial charge on any atom is 0.0956 e. The van der Waals surface area contributed by atoms with Gasteiger partial charge in [0, 0.05) is 12.6 Å². The number of aliphatic hydroxyl groups excluding tert-OH is 1. The van der Waals surface area contributed by atoms with Gasteiger partial charge in [0.15, 0.2) is 0 Å². The zero-order chi connectivity index (χ0) is 14.1. The van der Waals surface area contributed by atoms with Crippen molar-refractivity contribution in [3.8, 4) is 0 Å². The van der Waals surface area contributed by atoms with Crippen molar-refractivity contribution >= 4 is 11.3 Å². The highest BCUT2D eigenvalue weighted by Crippen LogP contribution is 2.30. The molecule has 2 aromatic heterocycles. The molecule has 108 valence electrons. The Morgan fingerprint density at radius 1 is 1.40 bits per heavy atom. The van der Waals surface area contributed by atoms with Crippen molar-refractivity contribution < 1.29 is 5.11 Å². The minimum Gasteiger partial charge on any atom is -0.387 e. The van der Waals surface area contributed by atoms with Crippen LogP contribution in [0.4, 0.5) is 0 Å². The van der Waals surface area contributed by atoms with Crippen molar-refractivity contribution in [2.75, 3.05) is 0 Å². The van der Waals surface area contributed by atoms with Crippen LogP contribution in [0.15, 0.2) is 12.3 Å². The molecule has 0 aromatic carbocycles. The molecule has 1 atom stereocenters. The molecule has 5 heteroatoms. The number of rotatable bonds is 4. The Hall–Kier alpha value is -1.20. The second kappa shape index (κ2) is 5.66. The molecule has 20 heavy (non-hydrogen) atoms. The summed E-state index contributed by atoms with van der Waals surface area (Å²) in [4.78, 5) is 5.35. The SMILES string of the molecule is Cc1nc(C)c(C(O)Cc2ccn(C3CCCC3)n2)s1. The molecular formula is C15H21N3OS. The van der Waals surface area contributed by atoms with Gasteiger partial charge in [-0.05, 0) is 32.8 Å². The van der Waals surface area contributed by atoms with E-state index >= 15 is 0 Å². The van der Waals surface area contributed by atoms with Crippen LogP contribution in [0.1, 0.15) is 59.1 Å². The van der Waals surface area contributed by atoms with Gasteiger partial charge in [0.2, 0.25) is 0 Å². The third kappa shape index (κ3) is 2.79. The maximum absolute atomic E-state index is 10.4. The fourth-order valence-electron chi connectivity index (χ4n) is 3.01. The number of nitrogens with zero attached hydrogens (tertiary/aromatic N) is 3. The average molecular weight is 291 g/mol. The molecule has 0 amide bonds. The number of hydrogen-bond donors (Lipinski definition) is 1. The molecule has 1 aliphatic rings. The standard InChI is InChI=1S/C15H21N3OS/c1-10-15(20-11(2)16-10)14(19)9-12-7-8-18(17-12)13-5-3-4-6-13/h7-8,13-14,19H,3-6,9H2,1-2H3. The summed E-state index contributed by atoms with van der Waals surface area (Å²) in [5.74, 6) is 0. The largest absolute Gasteiger partial charge is 0.387 e. The predicted molar refractivity (Wildman–Crippen MR) is 80.0 cm³/mol. The first-order chi connectivity index (χ1) is 9.63. The van der Waals surface area contributed by atoms with Crippen molar-refractivity contribution in [3.05, 3.63) is 33.5 Å². The van der Waals surface area contributed by atoms with Crippen LogP contribution >= 0.6 is 11.3 Å². The van der Waals surface area contributed by atoms with Gasteiger partial charge >= 0.3 is 0 Å². The first kappa shape index (κ1) is 13.8. The van der Waals surface area contributed by atoms with Gasteiger partial charge < -0.3 is 5.11 Å². The van der Waals surface area contributed by atoms with E-state index in [2.05, 4.69) is 21.0 Å². The lowest BCUT2D eigenvalue weighted by molar-refractivity contribution is 0.179. The quantitative estimate of drug-likeness (QED) is 0.940. The van der Waals surface area contributed by atoms with Crippen LogP contribution in [0.5, 0.6) is 0 Å².